The molecule has 1 aromatic heterocycles. The molecule has 1 aliphatic rings. The van der Waals surface area contributed by atoms with Crippen LogP contribution in [0.4, 0.5) is 18.9 Å². The number of ether oxygens (including phenoxy) is 2. The molecule has 2 aromatic rings. The number of alkyl halides is 3. The zero-order valence-corrected chi connectivity index (χ0v) is 14.4. The van der Waals surface area contributed by atoms with Crippen molar-refractivity contribution in [1.82, 2.24) is 9.97 Å². The lowest BCUT2D eigenvalue weighted by atomic mass is 10.2. The highest BCUT2D eigenvalue weighted by atomic mass is 32.2. The fourth-order valence-electron chi connectivity index (χ4n) is 2.13. The molecule has 0 saturated heterocycles. The molecule has 1 aromatic carbocycles. The van der Waals surface area contributed by atoms with Crippen molar-refractivity contribution in [2.75, 3.05) is 18.5 Å². The zero-order valence-electron chi connectivity index (χ0n) is 13.5. The molecule has 0 bridgehead atoms. The maximum atomic E-state index is 12.7. The van der Waals surface area contributed by atoms with Crippen LogP contribution in [0.15, 0.2) is 35.6 Å². The van der Waals surface area contributed by atoms with Gasteiger partial charge in [0.25, 0.3) is 0 Å². The Balaban J connectivity index is 1.65. The molecule has 26 heavy (non-hydrogen) atoms. The summed E-state index contributed by atoms with van der Waals surface area (Å²) in [7, 11) is 0. The Hall–Kier alpha value is -2.49. The number of nitrogens with one attached hydrogen (secondary N) is 1. The molecule has 6 nitrogen and oxygen atoms in total. The molecule has 1 N–H and O–H groups in total. The van der Waals surface area contributed by atoms with Crippen LogP contribution in [0.2, 0.25) is 0 Å². The van der Waals surface area contributed by atoms with Gasteiger partial charge in [0.05, 0.1) is 5.25 Å². The first-order valence-electron chi connectivity index (χ1n) is 7.60. The Morgan fingerprint density at radius 1 is 1.23 bits per heavy atom. The summed E-state index contributed by atoms with van der Waals surface area (Å²) < 4.78 is 48.9. The number of aromatic nitrogens is 2. The van der Waals surface area contributed by atoms with Gasteiger partial charge in [0, 0.05) is 18.0 Å². The summed E-state index contributed by atoms with van der Waals surface area (Å²) in [6, 6.07) is 5.75. The van der Waals surface area contributed by atoms with Crippen LogP contribution in [0.3, 0.4) is 0 Å². The van der Waals surface area contributed by atoms with E-state index in [1.807, 2.05) is 0 Å². The summed E-state index contributed by atoms with van der Waals surface area (Å²) in [6.45, 7) is 2.44. The van der Waals surface area contributed by atoms with E-state index in [9.17, 15) is 18.0 Å². The Morgan fingerprint density at radius 2 is 1.96 bits per heavy atom. The largest absolute Gasteiger partial charge is 0.486 e. The summed E-state index contributed by atoms with van der Waals surface area (Å²) in [5, 5.41) is 1.86. The number of hydrogen-bond acceptors (Lipinski definition) is 6. The highest BCUT2D eigenvalue weighted by molar-refractivity contribution is 8.00. The molecule has 138 valence electrons. The summed E-state index contributed by atoms with van der Waals surface area (Å²) in [5.74, 6) is 0.720. The summed E-state index contributed by atoms with van der Waals surface area (Å²) >= 11 is 0.840. The van der Waals surface area contributed by atoms with Crippen LogP contribution >= 0.6 is 11.8 Å². The third kappa shape index (κ3) is 4.37. The van der Waals surface area contributed by atoms with Crippen molar-refractivity contribution >= 4 is 23.4 Å². The van der Waals surface area contributed by atoms with Crippen LogP contribution < -0.4 is 14.8 Å². The molecule has 1 atom stereocenters. The van der Waals surface area contributed by atoms with Gasteiger partial charge in [-0.15, -0.1) is 0 Å². The summed E-state index contributed by atoms with van der Waals surface area (Å²) in [5.41, 5.74) is -0.550. The lowest BCUT2D eigenvalue weighted by molar-refractivity contribution is -0.141. The van der Waals surface area contributed by atoms with Crippen molar-refractivity contribution in [3.63, 3.8) is 0 Å². The highest BCUT2D eigenvalue weighted by Crippen LogP contribution is 2.33. The summed E-state index contributed by atoms with van der Waals surface area (Å²) in [4.78, 5) is 19.5. The number of thioether (sulfide) groups is 1. The molecular formula is C16H14F3N3O3S. The molecule has 3 rings (SSSR count). The molecule has 0 spiro atoms. The van der Waals surface area contributed by atoms with Crippen molar-refractivity contribution in [1.29, 1.82) is 0 Å². The van der Waals surface area contributed by atoms with E-state index in [0.717, 1.165) is 24.0 Å². The molecular weight excluding hydrogens is 371 g/mol. The second-order valence-electron chi connectivity index (χ2n) is 5.33. The van der Waals surface area contributed by atoms with Crippen molar-refractivity contribution in [3.05, 3.63) is 36.2 Å². The lowest BCUT2D eigenvalue weighted by Gasteiger charge is -2.19. The number of benzene rings is 1. The van der Waals surface area contributed by atoms with Crippen LogP contribution in [-0.2, 0) is 11.0 Å². The van der Waals surface area contributed by atoms with E-state index in [1.54, 1.807) is 25.1 Å². The third-order valence-electron chi connectivity index (χ3n) is 3.39. The monoisotopic (exact) mass is 385 g/mol. The molecule has 1 aliphatic heterocycles. The first kappa shape index (κ1) is 18.3. The predicted molar refractivity (Wildman–Crippen MR) is 88.4 cm³/mol. The molecule has 0 saturated carbocycles. The number of fused-ring (bicyclic) bond motifs is 1. The molecule has 0 aliphatic carbocycles. The lowest BCUT2D eigenvalue weighted by Crippen LogP contribution is -2.23. The van der Waals surface area contributed by atoms with Gasteiger partial charge < -0.3 is 14.8 Å². The number of halogens is 3. The van der Waals surface area contributed by atoms with Gasteiger partial charge in [0.2, 0.25) is 5.91 Å². The van der Waals surface area contributed by atoms with Gasteiger partial charge in [-0.25, -0.2) is 9.97 Å². The Bertz CT molecular complexity index is 817. The number of hydrogen-bond donors (Lipinski definition) is 1. The van der Waals surface area contributed by atoms with E-state index in [2.05, 4.69) is 15.3 Å². The van der Waals surface area contributed by atoms with Crippen LogP contribution in [-0.4, -0.2) is 34.3 Å². The molecule has 0 fully saturated rings. The van der Waals surface area contributed by atoms with Crippen LogP contribution in [0, 0.1) is 0 Å². The Morgan fingerprint density at radius 3 is 2.69 bits per heavy atom. The second-order valence-corrected chi connectivity index (χ2v) is 6.64. The number of carbonyl (C=O) groups excluding carboxylic acids is 1. The predicted octanol–water partition coefficient (Wildman–Crippen LogP) is 3.39. The smallest absolute Gasteiger partial charge is 0.433 e. The quantitative estimate of drug-likeness (QED) is 0.643. The van der Waals surface area contributed by atoms with Gasteiger partial charge >= 0.3 is 6.18 Å². The Kier molecular flexibility index (Phi) is 5.21. The van der Waals surface area contributed by atoms with Crippen LogP contribution in [0.25, 0.3) is 0 Å². The van der Waals surface area contributed by atoms with Gasteiger partial charge in [0.1, 0.15) is 18.9 Å². The number of carbonyl (C=O) groups is 1. The first-order chi connectivity index (χ1) is 12.3. The average Bonchev–Trinajstić information content (AvgIpc) is 2.61. The van der Waals surface area contributed by atoms with E-state index < -0.39 is 23.0 Å². The van der Waals surface area contributed by atoms with Crippen molar-refractivity contribution < 1.29 is 27.4 Å². The van der Waals surface area contributed by atoms with Gasteiger partial charge in [-0.3, -0.25) is 4.79 Å². The minimum Gasteiger partial charge on any atom is -0.486 e. The highest BCUT2D eigenvalue weighted by Gasteiger charge is 2.33. The Labute approximate surface area is 151 Å². The maximum Gasteiger partial charge on any atom is 0.433 e. The SMILES string of the molecule is C[C@H](Sc1nccc(C(F)(F)F)n1)C(=O)Nc1ccc2c(c1)OCCO2. The van der Waals surface area contributed by atoms with E-state index in [0.29, 0.717) is 30.4 Å². The van der Waals surface area contributed by atoms with Crippen molar-refractivity contribution in [2.24, 2.45) is 0 Å². The van der Waals surface area contributed by atoms with Gasteiger partial charge in [0.15, 0.2) is 16.7 Å². The fourth-order valence-corrected chi connectivity index (χ4v) is 2.89. The number of amides is 1. The minimum absolute atomic E-state index is 0.121. The zero-order chi connectivity index (χ0) is 18.7. The first-order valence-corrected chi connectivity index (χ1v) is 8.48. The normalized spacial score (nSPS) is 14.6. The molecule has 0 radical (unpaired) electrons. The molecule has 0 unspecified atom stereocenters. The van der Waals surface area contributed by atoms with E-state index in [1.165, 1.54) is 0 Å². The topological polar surface area (TPSA) is 73.3 Å². The maximum absolute atomic E-state index is 12.7. The van der Waals surface area contributed by atoms with Crippen molar-refractivity contribution in [2.45, 2.75) is 23.5 Å². The van der Waals surface area contributed by atoms with Crippen LogP contribution in [0.5, 0.6) is 11.5 Å². The second kappa shape index (κ2) is 7.40. The van der Waals surface area contributed by atoms with Gasteiger partial charge in [-0.05, 0) is 25.1 Å². The molecule has 2 heterocycles. The van der Waals surface area contributed by atoms with E-state index in [4.69, 9.17) is 9.47 Å². The standard InChI is InChI=1S/C16H14F3N3O3S/c1-9(26-15-20-5-4-13(22-15)16(17,18)19)14(23)21-10-2-3-11-12(8-10)25-7-6-24-11/h2-5,8-9H,6-7H2,1H3,(H,21,23)/t9-/m0/s1. The number of anilines is 1. The molecule has 1 amide bonds. The van der Waals surface area contributed by atoms with Gasteiger partial charge in [-0.2, -0.15) is 13.2 Å². The fraction of sp³-hybridized carbons (Fsp3) is 0.312. The summed E-state index contributed by atoms with van der Waals surface area (Å²) in [6.07, 6.45) is -3.54. The average molecular weight is 385 g/mol. The number of nitrogens with zero attached hydrogens (tertiary/aromatic N) is 2. The number of rotatable bonds is 4. The van der Waals surface area contributed by atoms with E-state index in [-0.39, 0.29) is 5.16 Å². The van der Waals surface area contributed by atoms with Crippen LogP contribution in [0.1, 0.15) is 12.6 Å². The van der Waals surface area contributed by atoms with E-state index >= 15 is 0 Å². The third-order valence-corrected chi connectivity index (χ3v) is 4.36. The van der Waals surface area contributed by atoms with Crippen molar-refractivity contribution in [3.8, 4) is 11.5 Å². The molecule has 10 heteroatoms. The minimum atomic E-state index is -4.56. The van der Waals surface area contributed by atoms with Gasteiger partial charge in [-0.1, -0.05) is 11.8 Å².